The van der Waals surface area contributed by atoms with E-state index in [0.29, 0.717) is 5.69 Å². The van der Waals surface area contributed by atoms with Gasteiger partial charge in [0.2, 0.25) is 0 Å². The molecule has 0 saturated heterocycles. The van der Waals surface area contributed by atoms with Gasteiger partial charge in [0, 0.05) is 12.5 Å². The van der Waals surface area contributed by atoms with Crippen molar-refractivity contribution in [1.82, 2.24) is 4.98 Å². The van der Waals surface area contributed by atoms with E-state index in [1.807, 2.05) is 24.3 Å². The number of aliphatic carboxylic acids is 1. The lowest BCUT2D eigenvalue weighted by molar-refractivity contribution is -0.147. The number of carbonyl (C=O) groups is 1. The first-order valence-electron chi connectivity index (χ1n) is 7.36. The molecule has 0 amide bonds. The Hall–Kier alpha value is -2.24. The molecule has 23 heavy (non-hydrogen) atoms. The van der Waals surface area contributed by atoms with Gasteiger partial charge in [-0.2, -0.15) is 0 Å². The summed E-state index contributed by atoms with van der Waals surface area (Å²) in [4.78, 5) is 15.8. The van der Waals surface area contributed by atoms with Gasteiger partial charge in [-0.25, -0.2) is 0 Å². The highest BCUT2D eigenvalue weighted by molar-refractivity contribution is 5.82. The first kappa shape index (κ1) is 17.1. The van der Waals surface area contributed by atoms with Crippen LogP contribution in [0.15, 0.2) is 36.4 Å². The summed E-state index contributed by atoms with van der Waals surface area (Å²) in [6, 6.07) is 9.39. The topological polar surface area (TPSA) is 79.7 Å². The number of hydrogen-bond donors (Lipinski definition) is 2. The number of nitrogens with zero attached hydrogens (tertiary/aromatic N) is 1. The Kier molecular flexibility index (Phi) is 5.13. The highest BCUT2D eigenvalue weighted by Gasteiger charge is 2.29. The zero-order valence-electron chi connectivity index (χ0n) is 13.5. The number of ether oxygens (including phenoxy) is 1. The van der Waals surface area contributed by atoms with Crippen LogP contribution in [0.3, 0.4) is 0 Å². The number of hydrogen-bond acceptors (Lipinski definition) is 4. The third-order valence-corrected chi connectivity index (χ3v) is 3.74. The first-order valence-corrected chi connectivity index (χ1v) is 7.36. The van der Waals surface area contributed by atoms with E-state index in [-0.39, 0.29) is 6.61 Å². The predicted molar refractivity (Wildman–Crippen MR) is 89.0 cm³/mol. The molecule has 122 valence electrons. The summed E-state index contributed by atoms with van der Waals surface area (Å²) < 4.78 is 5.00. The van der Waals surface area contributed by atoms with Crippen molar-refractivity contribution in [3.8, 4) is 0 Å². The second kappa shape index (κ2) is 6.89. The van der Waals surface area contributed by atoms with Gasteiger partial charge in [0.25, 0.3) is 0 Å². The molecule has 2 unspecified atom stereocenters. The van der Waals surface area contributed by atoms with Crippen LogP contribution in [0.2, 0.25) is 0 Å². The van der Waals surface area contributed by atoms with E-state index in [9.17, 15) is 15.0 Å². The highest BCUT2D eigenvalue weighted by atomic mass is 16.5. The third kappa shape index (κ3) is 3.94. The zero-order valence-corrected chi connectivity index (χ0v) is 13.5. The number of fused-ring (bicyclic) bond motifs is 1. The van der Waals surface area contributed by atoms with Gasteiger partial charge in [-0.05, 0) is 31.5 Å². The summed E-state index contributed by atoms with van der Waals surface area (Å²) in [6.07, 6.45) is 2.75. The van der Waals surface area contributed by atoms with E-state index in [2.05, 4.69) is 4.98 Å². The van der Waals surface area contributed by atoms with Gasteiger partial charge in [-0.15, -0.1) is 0 Å². The van der Waals surface area contributed by atoms with Crippen LogP contribution in [0.25, 0.3) is 17.0 Å². The van der Waals surface area contributed by atoms with Crippen LogP contribution in [0.5, 0.6) is 0 Å². The van der Waals surface area contributed by atoms with E-state index in [1.54, 1.807) is 32.1 Å². The van der Waals surface area contributed by atoms with Crippen molar-refractivity contribution in [2.75, 3.05) is 13.7 Å². The number of benzene rings is 1. The molecule has 2 aromatic rings. The smallest absolute Gasteiger partial charge is 0.315 e. The van der Waals surface area contributed by atoms with Crippen LogP contribution in [0.4, 0.5) is 0 Å². The van der Waals surface area contributed by atoms with Crippen molar-refractivity contribution < 1.29 is 19.7 Å². The SMILES string of the molecule is COCC(C)(C=Cc1ccc2ccc(C(C)O)nc2c1)C(=O)O. The summed E-state index contributed by atoms with van der Waals surface area (Å²) >= 11 is 0. The van der Waals surface area contributed by atoms with Gasteiger partial charge in [-0.1, -0.05) is 30.4 Å². The molecular formula is C18H21NO4. The number of pyridine rings is 1. The molecule has 1 aromatic heterocycles. The fourth-order valence-electron chi connectivity index (χ4n) is 2.25. The Morgan fingerprint density at radius 3 is 2.70 bits per heavy atom. The Labute approximate surface area is 135 Å². The lowest BCUT2D eigenvalue weighted by Crippen LogP contribution is -2.30. The van der Waals surface area contributed by atoms with Gasteiger partial charge in [0.05, 0.1) is 23.9 Å². The molecule has 0 aliphatic rings. The van der Waals surface area contributed by atoms with Crippen LogP contribution in [-0.4, -0.2) is 34.9 Å². The molecule has 1 heterocycles. The van der Waals surface area contributed by atoms with Crippen molar-refractivity contribution in [3.63, 3.8) is 0 Å². The number of carboxylic acids is 1. The summed E-state index contributed by atoms with van der Waals surface area (Å²) in [7, 11) is 1.48. The summed E-state index contributed by atoms with van der Waals surface area (Å²) in [5.74, 6) is -0.939. The van der Waals surface area contributed by atoms with Crippen LogP contribution in [0.1, 0.15) is 31.2 Å². The fourth-order valence-corrected chi connectivity index (χ4v) is 2.25. The van der Waals surface area contributed by atoms with Gasteiger partial charge in [0.15, 0.2) is 0 Å². The summed E-state index contributed by atoms with van der Waals surface area (Å²) in [6.45, 7) is 3.37. The minimum absolute atomic E-state index is 0.0941. The lowest BCUT2D eigenvalue weighted by atomic mass is 9.90. The minimum atomic E-state index is -1.08. The zero-order chi connectivity index (χ0) is 17.0. The molecule has 0 radical (unpaired) electrons. The van der Waals surface area contributed by atoms with Crippen LogP contribution in [0, 0.1) is 5.41 Å². The molecule has 2 atom stereocenters. The van der Waals surface area contributed by atoms with Crippen LogP contribution >= 0.6 is 0 Å². The molecule has 0 fully saturated rings. The quantitative estimate of drug-likeness (QED) is 0.856. The molecular weight excluding hydrogens is 294 g/mol. The average Bonchev–Trinajstić information content (AvgIpc) is 2.52. The maximum Gasteiger partial charge on any atom is 0.315 e. The fraction of sp³-hybridized carbons (Fsp3) is 0.333. The molecule has 2 rings (SSSR count). The van der Waals surface area contributed by atoms with Crippen LogP contribution < -0.4 is 0 Å². The summed E-state index contributed by atoms with van der Waals surface area (Å²) in [5, 5.41) is 19.9. The molecule has 0 spiro atoms. The second-order valence-electron chi connectivity index (χ2n) is 5.85. The van der Waals surface area contributed by atoms with E-state index in [0.717, 1.165) is 16.5 Å². The van der Waals surface area contributed by atoms with Crippen molar-refractivity contribution in [3.05, 3.63) is 47.7 Å². The number of rotatable bonds is 6. The third-order valence-electron chi connectivity index (χ3n) is 3.74. The van der Waals surface area contributed by atoms with Crippen LogP contribution in [-0.2, 0) is 9.53 Å². The van der Waals surface area contributed by atoms with E-state index >= 15 is 0 Å². The molecule has 0 bridgehead atoms. The average molecular weight is 315 g/mol. The molecule has 0 aliphatic heterocycles. The number of methoxy groups -OCH3 is 1. The normalized spacial score (nSPS) is 15.7. The Bertz CT molecular complexity index is 739. The molecule has 1 aromatic carbocycles. The van der Waals surface area contributed by atoms with Gasteiger partial charge in [0.1, 0.15) is 5.41 Å². The molecule has 2 N–H and O–H groups in total. The largest absolute Gasteiger partial charge is 0.481 e. The van der Waals surface area contributed by atoms with Gasteiger partial charge in [-0.3, -0.25) is 9.78 Å². The molecule has 5 heteroatoms. The molecule has 0 aliphatic carbocycles. The second-order valence-corrected chi connectivity index (χ2v) is 5.85. The van der Waals surface area contributed by atoms with Gasteiger partial charge < -0.3 is 14.9 Å². The predicted octanol–water partition coefficient (Wildman–Crippen LogP) is 3.04. The molecule has 0 saturated carbocycles. The number of carboxylic acid groups (broad SMARTS) is 1. The van der Waals surface area contributed by atoms with Crippen molar-refractivity contribution in [2.24, 2.45) is 5.41 Å². The monoisotopic (exact) mass is 315 g/mol. The number of aliphatic hydroxyl groups excluding tert-OH is 1. The van der Waals surface area contributed by atoms with Crippen molar-refractivity contribution in [2.45, 2.75) is 20.0 Å². The standard InChI is InChI=1S/C18H21NO4/c1-12(20)15-7-6-14-5-4-13(10-16(14)19-15)8-9-18(2,11-23-3)17(21)22/h4-10,12,20H,11H2,1-3H3,(H,21,22). The van der Waals surface area contributed by atoms with E-state index in [1.165, 1.54) is 7.11 Å². The maximum atomic E-state index is 11.4. The Morgan fingerprint density at radius 2 is 2.09 bits per heavy atom. The Morgan fingerprint density at radius 1 is 1.39 bits per heavy atom. The minimum Gasteiger partial charge on any atom is -0.481 e. The lowest BCUT2D eigenvalue weighted by Gasteiger charge is -2.19. The molecule has 5 nitrogen and oxygen atoms in total. The number of aliphatic hydroxyl groups is 1. The maximum absolute atomic E-state index is 11.4. The van der Waals surface area contributed by atoms with Crippen molar-refractivity contribution in [1.29, 1.82) is 0 Å². The number of aromatic nitrogens is 1. The summed E-state index contributed by atoms with van der Waals surface area (Å²) in [5.41, 5.74) is 1.12. The highest BCUT2D eigenvalue weighted by Crippen LogP contribution is 2.23. The Balaban J connectivity index is 2.36. The first-order chi connectivity index (χ1) is 10.9. The van der Waals surface area contributed by atoms with E-state index < -0.39 is 17.5 Å². The van der Waals surface area contributed by atoms with E-state index in [4.69, 9.17) is 4.74 Å². The van der Waals surface area contributed by atoms with Gasteiger partial charge >= 0.3 is 5.97 Å². The van der Waals surface area contributed by atoms with Crippen molar-refractivity contribution >= 4 is 22.9 Å².